The van der Waals surface area contributed by atoms with Crippen LogP contribution in [-0.4, -0.2) is 51.3 Å². The molecule has 2 aromatic rings. The van der Waals surface area contributed by atoms with Crippen molar-refractivity contribution in [2.45, 2.75) is 5.41 Å². The Morgan fingerprint density at radius 3 is 2.17 bits per heavy atom. The summed E-state index contributed by atoms with van der Waals surface area (Å²) in [5, 5.41) is 13.8. The Kier molecular flexibility index (Phi) is 6.31. The first-order valence-electron chi connectivity index (χ1n) is 9.48. The van der Waals surface area contributed by atoms with E-state index in [2.05, 4.69) is 16.3 Å². The van der Waals surface area contributed by atoms with Gasteiger partial charge in [-0.05, 0) is 37.4 Å². The van der Waals surface area contributed by atoms with E-state index in [-0.39, 0.29) is 5.91 Å². The Morgan fingerprint density at radius 1 is 1.00 bits per heavy atom. The minimum absolute atomic E-state index is 0.176. The molecule has 1 unspecified atom stereocenters. The van der Waals surface area contributed by atoms with Crippen LogP contribution >= 0.6 is 11.8 Å². The number of thioether (sulfide) groups is 1. The van der Waals surface area contributed by atoms with Gasteiger partial charge in [0.1, 0.15) is 5.41 Å². The molecule has 2 aromatic carbocycles. The van der Waals surface area contributed by atoms with Crippen molar-refractivity contribution in [3.8, 4) is 6.07 Å². The number of carbonyl (C=O) groups is 1. The van der Waals surface area contributed by atoms with Crippen molar-refractivity contribution in [2.24, 2.45) is 0 Å². The number of rotatable bonds is 7. The van der Waals surface area contributed by atoms with Crippen LogP contribution in [0.5, 0.6) is 0 Å². The number of nitrogens with zero attached hydrogens (tertiary/aromatic N) is 3. The molecule has 1 aliphatic heterocycles. The molecule has 0 aliphatic carbocycles. The van der Waals surface area contributed by atoms with Gasteiger partial charge in [-0.25, -0.2) is 0 Å². The van der Waals surface area contributed by atoms with Crippen LogP contribution in [0, 0.1) is 11.3 Å². The van der Waals surface area contributed by atoms with Gasteiger partial charge in [0, 0.05) is 32.1 Å². The fraction of sp³-hybridized carbons (Fsp3) is 0.304. The Labute approximate surface area is 177 Å². The standard InChI is InChI=1S/C23H26N4OS/c1-26(2)14-15-29-21-20(16-24)23(22(28)25-21,17-8-6-5-7-9-17)18-10-12-19(13-11-18)27(3)4/h5-13H,14-15H2,1-4H3,(H,25,28). The molecule has 0 spiro atoms. The van der Waals surface area contributed by atoms with Crippen molar-refractivity contribution in [3.63, 3.8) is 0 Å². The zero-order chi connectivity index (χ0) is 21.0. The molecule has 150 valence electrons. The molecule has 0 radical (unpaired) electrons. The molecular formula is C23H26N4OS. The first-order valence-corrected chi connectivity index (χ1v) is 10.5. The molecular weight excluding hydrogens is 380 g/mol. The van der Waals surface area contributed by atoms with E-state index in [4.69, 9.17) is 0 Å². The third kappa shape index (κ3) is 3.89. The maximum atomic E-state index is 13.5. The summed E-state index contributed by atoms with van der Waals surface area (Å²) in [5.74, 6) is 0.614. The number of anilines is 1. The van der Waals surface area contributed by atoms with Gasteiger partial charge in [-0.3, -0.25) is 4.79 Å². The number of nitrogens with one attached hydrogen (secondary N) is 1. The molecule has 5 nitrogen and oxygen atoms in total. The van der Waals surface area contributed by atoms with Crippen LogP contribution in [-0.2, 0) is 10.2 Å². The molecule has 3 rings (SSSR count). The molecule has 29 heavy (non-hydrogen) atoms. The fourth-order valence-corrected chi connectivity index (χ4v) is 4.70. The summed E-state index contributed by atoms with van der Waals surface area (Å²) in [6, 6.07) is 19.8. The van der Waals surface area contributed by atoms with Gasteiger partial charge < -0.3 is 15.1 Å². The van der Waals surface area contributed by atoms with E-state index in [0.717, 1.165) is 29.1 Å². The van der Waals surface area contributed by atoms with Gasteiger partial charge in [-0.15, -0.1) is 11.8 Å². The van der Waals surface area contributed by atoms with Crippen LogP contribution in [0.15, 0.2) is 65.2 Å². The molecule has 1 aliphatic rings. The molecule has 0 saturated heterocycles. The molecule has 0 bridgehead atoms. The predicted octanol–water partition coefficient (Wildman–Crippen LogP) is 3.20. The molecule has 0 fully saturated rings. The van der Waals surface area contributed by atoms with Crippen molar-refractivity contribution in [1.82, 2.24) is 10.2 Å². The molecule has 6 heteroatoms. The minimum Gasteiger partial charge on any atom is -0.378 e. The van der Waals surface area contributed by atoms with Crippen molar-refractivity contribution in [3.05, 3.63) is 76.3 Å². The zero-order valence-electron chi connectivity index (χ0n) is 17.3. The summed E-state index contributed by atoms with van der Waals surface area (Å²) < 4.78 is 0. The maximum Gasteiger partial charge on any atom is 0.245 e. The first kappa shape index (κ1) is 21.0. The quantitative estimate of drug-likeness (QED) is 0.765. The normalized spacial score (nSPS) is 18.7. The predicted molar refractivity (Wildman–Crippen MR) is 120 cm³/mol. The lowest BCUT2D eigenvalue weighted by Crippen LogP contribution is -2.39. The number of hydrogen-bond acceptors (Lipinski definition) is 5. The topological polar surface area (TPSA) is 59.4 Å². The molecule has 1 N–H and O–H groups in total. The monoisotopic (exact) mass is 406 g/mol. The second-order valence-corrected chi connectivity index (χ2v) is 8.58. The van der Waals surface area contributed by atoms with Crippen molar-refractivity contribution in [1.29, 1.82) is 5.26 Å². The second-order valence-electron chi connectivity index (χ2n) is 7.48. The van der Waals surface area contributed by atoms with Crippen LogP contribution in [0.2, 0.25) is 0 Å². The van der Waals surface area contributed by atoms with E-state index in [1.54, 1.807) is 0 Å². The summed E-state index contributed by atoms with van der Waals surface area (Å²) in [7, 11) is 7.97. The van der Waals surface area contributed by atoms with Gasteiger partial charge in [0.25, 0.3) is 0 Å². The summed E-state index contributed by atoms with van der Waals surface area (Å²) in [6.45, 7) is 0.860. The first-order chi connectivity index (χ1) is 13.9. The minimum atomic E-state index is -1.14. The van der Waals surface area contributed by atoms with Crippen molar-refractivity contribution < 1.29 is 4.79 Å². The molecule has 1 atom stereocenters. The van der Waals surface area contributed by atoms with Gasteiger partial charge in [-0.1, -0.05) is 42.5 Å². The molecule has 1 amide bonds. The van der Waals surface area contributed by atoms with Crippen LogP contribution in [0.3, 0.4) is 0 Å². The van der Waals surface area contributed by atoms with Gasteiger partial charge in [0.05, 0.1) is 16.7 Å². The largest absolute Gasteiger partial charge is 0.378 e. The SMILES string of the molecule is CN(C)CCSC1=C(C#N)C(c2ccccc2)(c2ccc(N(C)C)cc2)C(=O)N1. The van der Waals surface area contributed by atoms with E-state index < -0.39 is 5.41 Å². The highest BCUT2D eigenvalue weighted by Gasteiger charge is 2.52. The van der Waals surface area contributed by atoms with Crippen LogP contribution in [0.25, 0.3) is 0 Å². The lowest BCUT2D eigenvalue weighted by atomic mass is 9.70. The van der Waals surface area contributed by atoms with Crippen molar-refractivity contribution in [2.75, 3.05) is 45.4 Å². The molecule has 0 saturated carbocycles. The lowest BCUT2D eigenvalue weighted by Gasteiger charge is -2.28. The summed E-state index contributed by atoms with van der Waals surface area (Å²) in [5.41, 5.74) is 1.97. The summed E-state index contributed by atoms with van der Waals surface area (Å²) >= 11 is 1.52. The highest BCUT2D eigenvalue weighted by molar-refractivity contribution is 8.03. The van der Waals surface area contributed by atoms with Crippen LogP contribution in [0.1, 0.15) is 11.1 Å². The third-order valence-corrected chi connectivity index (χ3v) is 6.07. The Bertz CT molecular complexity index is 945. The molecule has 1 heterocycles. The van der Waals surface area contributed by atoms with Crippen molar-refractivity contribution >= 4 is 23.4 Å². The number of benzene rings is 2. The van der Waals surface area contributed by atoms with Gasteiger partial charge in [0.15, 0.2) is 0 Å². The van der Waals surface area contributed by atoms with E-state index >= 15 is 0 Å². The number of nitriles is 1. The summed E-state index contributed by atoms with van der Waals surface area (Å²) in [4.78, 5) is 17.5. The Morgan fingerprint density at radius 2 is 1.62 bits per heavy atom. The average molecular weight is 407 g/mol. The third-order valence-electron chi connectivity index (χ3n) is 5.09. The highest BCUT2D eigenvalue weighted by Crippen LogP contribution is 2.46. The van der Waals surface area contributed by atoms with E-state index in [0.29, 0.717) is 10.6 Å². The van der Waals surface area contributed by atoms with Gasteiger partial charge >= 0.3 is 0 Å². The average Bonchev–Trinajstić information content (AvgIpc) is 3.00. The number of carbonyl (C=O) groups excluding carboxylic acids is 1. The lowest BCUT2D eigenvalue weighted by molar-refractivity contribution is -0.122. The van der Waals surface area contributed by atoms with Crippen LogP contribution in [0.4, 0.5) is 5.69 Å². The number of hydrogen-bond donors (Lipinski definition) is 1. The number of amides is 1. The van der Waals surface area contributed by atoms with Gasteiger partial charge in [-0.2, -0.15) is 5.26 Å². The summed E-state index contributed by atoms with van der Waals surface area (Å²) in [6.07, 6.45) is 0. The highest BCUT2D eigenvalue weighted by atomic mass is 32.2. The zero-order valence-corrected chi connectivity index (χ0v) is 18.1. The smallest absolute Gasteiger partial charge is 0.245 e. The van der Waals surface area contributed by atoms with E-state index in [9.17, 15) is 10.1 Å². The Hall–Kier alpha value is -2.75. The fourth-order valence-electron chi connectivity index (χ4n) is 3.53. The molecule has 0 aromatic heterocycles. The van der Waals surface area contributed by atoms with E-state index in [1.165, 1.54) is 11.8 Å². The van der Waals surface area contributed by atoms with Crippen LogP contribution < -0.4 is 10.2 Å². The second kappa shape index (κ2) is 8.73. The van der Waals surface area contributed by atoms with Gasteiger partial charge in [0.2, 0.25) is 5.91 Å². The maximum absolute atomic E-state index is 13.5. The van der Waals surface area contributed by atoms with E-state index in [1.807, 2.05) is 87.7 Å². The Balaban J connectivity index is 2.16.